The van der Waals surface area contributed by atoms with Gasteiger partial charge in [0.2, 0.25) is 0 Å². The lowest BCUT2D eigenvalue weighted by atomic mass is 9.43. The van der Waals surface area contributed by atoms with E-state index in [1.807, 2.05) is 6.08 Å². The molecule has 0 heterocycles. The molecule has 0 bridgehead atoms. The molecule has 0 saturated heterocycles. The van der Waals surface area contributed by atoms with Crippen molar-refractivity contribution in [3.8, 4) is 0 Å². The van der Waals surface area contributed by atoms with Crippen LogP contribution in [-0.4, -0.2) is 45.7 Å². The van der Waals surface area contributed by atoms with Gasteiger partial charge in [0.15, 0.2) is 5.78 Å². The van der Waals surface area contributed by atoms with Crippen molar-refractivity contribution in [3.05, 3.63) is 11.8 Å². The van der Waals surface area contributed by atoms with Crippen LogP contribution in [-0.2, 0) is 23.9 Å². The molecule has 3 unspecified atom stereocenters. The lowest BCUT2D eigenvalue weighted by Crippen LogP contribution is -2.63. The molecule has 0 aromatic rings. The lowest BCUT2D eigenvalue weighted by Gasteiger charge is -2.61. The van der Waals surface area contributed by atoms with Crippen LogP contribution in [0.1, 0.15) is 80.1 Å². The van der Waals surface area contributed by atoms with Gasteiger partial charge in [-0.2, -0.15) is 0 Å². The van der Waals surface area contributed by atoms with Crippen LogP contribution in [0.5, 0.6) is 0 Å². The topological polar surface area (TPSA) is 110 Å². The fraction of sp³-hybridized carbons (Fsp3) is 0.828. The van der Waals surface area contributed by atoms with Crippen molar-refractivity contribution >= 4 is 17.7 Å². The molecule has 2 N–H and O–H groups in total. The van der Waals surface area contributed by atoms with Crippen molar-refractivity contribution in [1.82, 2.24) is 0 Å². The number of carbonyl (C=O) groups is 3. The summed E-state index contributed by atoms with van der Waals surface area (Å²) in [6.07, 6.45) is 5.85. The van der Waals surface area contributed by atoms with Crippen molar-refractivity contribution in [2.75, 3.05) is 0 Å². The van der Waals surface area contributed by atoms with Crippen LogP contribution < -0.4 is 0 Å². The van der Waals surface area contributed by atoms with Crippen molar-refractivity contribution in [1.29, 1.82) is 0 Å². The van der Waals surface area contributed by atoms with Crippen molar-refractivity contribution in [3.63, 3.8) is 0 Å². The second kappa shape index (κ2) is 8.39. The van der Waals surface area contributed by atoms with Gasteiger partial charge in [-0.05, 0) is 73.2 Å². The van der Waals surface area contributed by atoms with Crippen LogP contribution in [0.3, 0.4) is 0 Å². The molecule has 5 aliphatic carbocycles. The highest BCUT2D eigenvalue weighted by Crippen LogP contribution is 2.71. The average Bonchev–Trinajstić information content (AvgIpc) is 3.04. The Morgan fingerprint density at radius 3 is 2.28 bits per heavy atom. The summed E-state index contributed by atoms with van der Waals surface area (Å²) in [5, 5.41) is 23.2. The summed E-state index contributed by atoms with van der Waals surface area (Å²) >= 11 is 0. The second-order valence-electron chi connectivity index (χ2n) is 13.2. The Balaban J connectivity index is 1.65. The number of aliphatic hydroxyl groups excluding tert-OH is 1. The molecule has 4 fully saturated rings. The molecule has 5 rings (SSSR count). The molecule has 0 radical (unpaired) electrons. The minimum absolute atomic E-state index is 0.0283. The Labute approximate surface area is 214 Å². The number of hydrogen-bond donors (Lipinski definition) is 2. The maximum Gasteiger partial charge on any atom is 0.307 e. The highest BCUT2D eigenvalue weighted by Gasteiger charge is 2.73. The quantitative estimate of drug-likeness (QED) is 0.553. The summed E-state index contributed by atoms with van der Waals surface area (Å²) in [4.78, 5) is 38.3. The predicted octanol–water partition coefficient (Wildman–Crippen LogP) is 3.80. The van der Waals surface area contributed by atoms with E-state index in [9.17, 15) is 24.6 Å². The van der Waals surface area contributed by atoms with Crippen molar-refractivity contribution in [2.24, 2.45) is 52.3 Å². The summed E-state index contributed by atoms with van der Waals surface area (Å²) in [5.74, 6) is -2.25. The molecule has 200 valence electrons. The first-order valence-corrected chi connectivity index (χ1v) is 13.8. The predicted molar refractivity (Wildman–Crippen MR) is 131 cm³/mol. The maximum atomic E-state index is 14.0. The summed E-state index contributed by atoms with van der Waals surface area (Å²) < 4.78 is 11.5. The highest BCUT2D eigenvalue weighted by atomic mass is 16.6. The van der Waals surface area contributed by atoms with Crippen LogP contribution >= 0.6 is 0 Å². The Kier molecular flexibility index (Phi) is 6.03. The fourth-order valence-corrected chi connectivity index (χ4v) is 10.1. The zero-order valence-electron chi connectivity index (χ0n) is 22.5. The minimum Gasteiger partial charge on any atom is -0.462 e. The highest BCUT2D eigenvalue weighted by molar-refractivity contribution is 5.88. The van der Waals surface area contributed by atoms with Crippen LogP contribution in [0, 0.1) is 52.3 Å². The number of rotatable bonds is 2. The zero-order valence-corrected chi connectivity index (χ0v) is 22.5. The number of hydrogen-bond acceptors (Lipinski definition) is 7. The van der Waals surface area contributed by atoms with Crippen LogP contribution in [0.25, 0.3) is 0 Å². The van der Waals surface area contributed by atoms with E-state index in [4.69, 9.17) is 9.47 Å². The van der Waals surface area contributed by atoms with E-state index in [1.54, 1.807) is 6.92 Å². The molecule has 12 atom stereocenters. The summed E-state index contributed by atoms with van der Waals surface area (Å²) in [5.41, 5.74) is -2.07. The standard InChI is InChI=1S/C29H42O7/c1-14-13-19(35-15(2)30)29(6,34)23-21(14)28(5)12-10-17-20(22(28)26(23)36-16(3)31)25(33)24(32)18-9-7-8-11-27(17,18)4/h13-14,17-18,20-24,26,32,34H,7-12H2,1-6H3/t14-,17+,18?,20-,21?,22?,23+,24-,26-,27-,28-,29+/m1/s1. The van der Waals surface area contributed by atoms with E-state index in [0.29, 0.717) is 0 Å². The van der Waals surface area contributed by atoms with Crippen molar-refractivity contribution in [2.45, 2.75) is 97.9 Å². The average molecular weight is 503 g/mol. The Hall–Kier alpha value is -1.73. The van der Waals surface area contributed by atoms with E-state index in [-0.39, 0.29) is 52.0 Å². The normalized spacial score (nSPS) is 51.7. The van der Waals surface area contributed by atoms with Crippen LogP contribution in [0.4, 0.5) is 0 Å². The SMILES string of the molecule is CC(=O)OC1=C[C@@H](C)C2[C@@H]([C@H](OC(C)=O)C3[C@@H]4C(=O)[C@H](O)C5CCCC[C@]5(C)[C@H]4CC[C@@]32C)[C@@]1(C)O. The van der Waals surface area contributed by atoms with Gasteiger partial charge >= 0.3 is 11.9 Å². The van der Waals surface area contributed by atoms with E-state index >= 15 is 0 Å². The molecule has 36 heavy (non-hydrogen) atoms. The van der Waals surface area contributed by atoms with E-state index in [1.165, 1.54) is 13.8 Å². The molecular weight excluding hydrogens is 460 g/mol. The van der Waals surface area contributed by atoms with Gasteiger partial charge in [-0.1, -0.05) is 33.6 Å². The third-order valence-corrected chi connectivity index (χ3v) is 11.3. The van der Waals surface area contributed by atoms with Gasteiger partial charge < -0.3 is 19.7 Å². The smallest absolute Gasteiger partial charge is 0.307 e. The van der Waals surface area contributed by atoms with E-state index < -0.39 is 41.6 Å². The van der Waals surface area contributed by atoms with E-state index in [0.717, 1.165) is 38.5 Å². The van der Waals surface area contributed by atoms with Crippen LogP contribution in [0.15, 0.2) is 11.8 Å². The number of allylic oxidation sites excluding steroid dienone is 1. The number of ketones is 1. The Bertz CT molecular complexity index is 1000. The van der Waals surface area contributed by atoms with Gasteiger partial charge in [-0.15, -0.1) is 0 Å². The molecule has 4 saturated carbocycles. The third kappa shape index (κ3) is 3.40. The van der Waals surface area contributed by atoms with Gasteiger partial charge in [0.05, 0.1) is 0 Å². The monoisotopic (exact) mass is 502 g/mol. The number of carbonyl (C=O) groups excluding carboxylic acids is 3. The Morgan fingerprint density at radius 1 is 0.944 bits per heavy atom. The van der Waals surface area contributed by atoms with Crippen molar-refractivity contribution < 1.29 is 34.1 Å². The number of ether oxygens (including phenoxy) is 2. The molecule has 7 heteroatoms. The van der Waals surface area contributed by atoms with Gasteiger partial charge in [0, 0.05) is 31.6 Å². The molecule has 0 aliphatic heterocycles. The first kappa shape index (κ1) is 25.9. The lowest BCUT2D eigenvalue weighted by molar-refractivity contribution is -0.188. The fourth-order valence-electron chi connectivity index (χ4n) is 10.1. The molecule has 5 aliphatic rings. The maximum absolute atomic E-state index is 14.0. The van der Waals surface area contributed by atoms with Gasteiger partial charge in [0.1, 0.15) is 23.6 Å². The molecule has 0 aromatic heterocycles. The molecular formula is C29H42O7. The summed E-state index contributed by atoms with van der Waals surface area (Å²) in [6.45, 7) is 10.8. The molecule has 0 aromatic carbocycles. The third-order valence-electron chi connectivity index (χ3n) is 11.3. The van der Waals surface area contributed by atoms with Crippen LogP contribution in [0.2, 0.25) is 0 Å². The first-order valence-electron chi connectivity index (χ1n) is 13.8. The Morgan fingerprint density at radius 2 is 1.64 bits per heavy atom. The summed E-state index contributed by atoms with van der Waals surface area (Å²) in [7, 11) is 0. The number of fused-ring (bicyclic) bond motifs is 7. The number of esters is 2. The van der Waals surface area contributed by atoms with Gasteiger partial charge in [0.25, 0.3) is 0 Å². The number of aliphatic hydroxyl groups is 2. The van der Waals surface area contributed by atoms with Gasteiger partial charge in [-0.3, -0.25) is 14.4 Å². The zero-order chi connectivity index (χ0) is 26.4. The second-order valence-corrected chi connectivity index (χ2v) is 13.2. The van der Waals surface area contributed by atoms with E-state index in [2.05, 4.69) is 20.8 Å². The largest absolute Gasteiger partial charge is 0.462 e. The molecule has 7 nitrogen and oxygen atoms in total. The minimum atomic E-state index is -1.55. The molecule has 0 spiro atoms. The molecule has 0 amide bonds. The van der Waals surface area contributed by atoms with Gasteiger partial charge in [-0.25, -0.2) is 0 Å². The summed E-state index contributed by atoms with van der Waals surface area (Å²) in [6, 6.07) is 0. The first-order chi connectivity index (χ1) is 16.7. The number of Topliss-reactive ketones (excluding diaryl/α,β-unsaturated/α-hetero) is 1.